The third-order valence-electron chi connectivity index (χ3n) is 5.62. The standard InChI is InChI=1S/C16H27N/c1-8-10(4)12-14(17)15(6,7)13-11(5)16(12,13)9(2)3/h8-9,11,13H,17H2,1-7H3/b10-8-. The van der Waals surface area contributed by atoms with E-state index in [1.165, 1.54) is 11.1 Å². The zero-order chi connectivity index (χ0) is 13.2. The summed E-state index contributed by atoms with van der Waals surface area (Å²) in [5.74, 6) is 2.18. The van der Waals surface area contributed by atoms with Gasteiger partial charge >= 0.3 is 0 Å². The summed E-state index contributed by atoms with van der Waals surface area (Å²) in [5, 5.41) is 0. The molecule has 0 amide bonds. The Balaban J connectivity index is 2.63. The molecule has 17 heavy (non-hydrogen) atoms. The first-order chi connectivity index (χ1) is 7.73. The van der Waals surface area contributed by atoms with Crippen LogP contribution in [0.25, 0.3) is 0 Å². The molecule has 1 saturated carbocycles. The molecule has 3 atom stereocenters. The fraction of sp³-hybridized carbons (Fsp3) is 0.750. The zero-order valence-corrected chi connectivity index (χ0v) is 12.4. The molecule has 1 heteroatoms. The Bertz CT molecular complexity index is 411. The predicted molar refractivity (Wildman–Crippen MR) is 74.4 cm³/mol. The van der Waals surface area contributed by atoms with E-state index in [2.05, 4.69) is 54.5 Å². The van der Waals surface area contributed by atoms with Gasteiger partial charge in [-0.2, -0.15) is 0 Å². The largest absolute Gasteiger partial charge is 0.401 e. The third-order valence-corrected chi connectivity index (χ3v) is 5.62. The lowest BCUT2D eigenvalue weighted by Gasteiger charge is -2.26. The second kappa shape index (κ2) is 3.40. The minimum atomic E-state index is 0.170. The summed E-state index contributed by atoms with van der Waals surface area (Å²) in [6, 6.07) is 0. The Morgan fingerprint density at radius 2 is 1.88 bits per heavy atom. The van der Waals surface area contributed by atoms with Crippen molar-refractivity contribution in [3.05, 3.63) is 22.9 Å². The molecule has 0 spiro atoms. The highest BCUT2D eigenvalue weighted by molar-refractivity contribution is 5.53. The van der Waals surface area contributed by atoms with Crippen LogP contribution >= 0.6 is 0 Å². The lowest BCUT2D eigenvalue weighted by atomic mass is 9.80. The van der Waals surface area contributed by atoms with E-state index in [0.717, 1.165) is 17.5 Å². The summed E-state index contributed by atoms with van der Waals surface area (Å²) in [5.41, 5.74) is 11.0. The van der Waals surface area contributed by atoms with Crippen LogP contribution in [-0.2, 0) is 0 Å². The van der Waals surface area contributed by atoms with Crippen molar-refractivity contribution in [1.82, 2.24) is 0 Å². The lowest BCUT2D eigenvalue weighted by Crippen LogP contribution is -2.23. The first kappa shape index (κ1) is 12.7. The average Bonchev–Trinajstić information content (AvgIpc) is 2.79. The molecular formula is C16H27N. The van der Waals surface area contributed by atoms with Crippen molar-refractivity contribution in [2.24, 2.45) is 34.3 Å². The fourth-order valence-corrected chi connectivity index (χ4v) is 4.79. The maximum absolute atomic E-state index is 6.48. The average molecular weight is 233 g/mol. The van der Waals surface area contributed by atoms with Crippen molar-refractivity contribution >= 4 is 0 Å². The Kier molecular flexibility index (Phi) is 2.54. The van der Waals surface area contributed by atoms with E-state index in [4.69, 9.17) is 5.73 Å². The number of hydrogen-bond donors (Lipinski definition) is 1. The Morgan fingerprint density at radius 1 is 1.35 bits per heavy atom. The minimum Gasteiger partial charge on any atom is -0.401 e. The van der Waals surface area contributed by atoms with Crippen LogP contribution in [0.15, 0.2) is 22.9 Å². The van der Waals surface area contributed by atoms with Crippen LogP contribution in [0.5, 0.6) is 0 Å². The van der Waals surface area contributed by atoms with Gasteiger partial charge in [0.1, 0.15) is 0 Å². The van der Waals surface area contributed by atoms with Crippen molar-refractivity contribution in [2.45, 2.75) is 48.5 Å². The van der Waals surface area contributed by atoms with E-state index in [0.29, 0.717) is 11.3 Å². The van der Waals surface area contributed by atoms with Gasteiger partial charge in [-0.05, 0) is 42.7 Å². The molecule has 0 aromatic heterocycles. The van der Waals surface area contributed by atoms with Crippen LogP contribution in [0.4, 0.5) is 0 Å². The van der Waals surface area contributed by atoms with E-state index in [1.807, 2.05) is 0 Å². The molecule has 96 valence electrons. The van der Waals surface area contributed by atoms with Crippen LogP contribution in [0.2, 0.25) is 0 Å². The highest BCUT2D eigenvalue weighted by atomic mass is 14.8. The van der Waals surface area contributed by atoms with E-state index in [-0.39, 0.29) is 5.41 Å². The van der Waals surface area contributed by atoms with Gasteiger partial charge in [-0.15, -0.1) is 0 Å². The highest BCUT2D eigenvalue weighted by Crippen LogP contribution is 2.79. The molecule has 2 N–H and O–H groups in total. The Hall–Kier alpha value is -0.720. The van der Waals surface area contributed by atoms with Crippen molar-refractivity contribution in [3.63, 3.8) is 0 Å². The second-order valence-corrected chi connectivity index (χ2v) is 6.84. The minimum absolute atomic E-state index is 0.170. The molecule has 0 heterocycles. The first-order valence-electron chi connectivity index (χ1n) is 6.87. The molecule has 0 bridgehead atoms. The number of nitrogens with two attached hydrogens (primary N) is 1. The molecule has 0 aromatic rings. The number of fused-ring (bicyclic) bond motifs is 1. The summed E-state index contributed by atoms with van der Waals surface area (Å²) < 4.78 is 0. The molecule has 2 rings (SSSR count). The Morgan fingerprint density at radius 3 is 2.29 bits per heavy atom. The second-order valence-electron chi connectivity index (χ2n) is 6.84. The summed E-state index contributed by atoms with van der Waals surface area (Å²) in [6.07, 6.45) is 2.22. The summed E-state index contributed by atoms with van der Waals surface area (Å²) in [7, 11) is 0. The summed E-state index contributed by atoms with van der Waals surface area (Å²) in [6.45, 7) is 16.1. The number of hydrogen-bond acceptors (Lipinski definition) is 1. The monoisotopic (exact) mass is 233 g/mol. The first-order valence-corrected chi connectivity index (χ1v) is 6.87. The van der Waals surface area contributed by atoms with E-state index >= 15 is 0 Å². The SMILES string of the molecule is C/C=C(/C)C1=C(N)C(C)(C)C2C(C)C12C(C)C. The molecule has 2 aliphatic carbocycles. The molecule has 1 fully saturated rings. The molecule has 0 saturated heterocycles. The van der Waals surface area contributed by atoms with Crippen molar-refractivity contribution in [2.75, 3.05) is 0 Å². The molecule has 0 aliphatic heterocycles. The van der Waals surface area contributed by atoms with E-state index in [9.17, 15) is 0 Å². The van der Waals surface area contributed by atoms with Crippen LogP contribution in [0.1, 0.15) is 48.5 Å². The third kappa shape index (κ3) is 1.21. The van der Waals surface area contributed by atoms with Gasteiger partial charge < -0.3 is 5.73 Å². The summed E-state index contributed by atoms with van der Waals surface area (Å²) in [4.78, 5) is 0. The molecular weight excluding hydrogens is 206 g/mol. The Labute approximate surface area is 106 Å². The maximum Gasteiger partial charge on any atom is 0.0182 e. The molecule has 0 radical (unpaired) electrons. The summed E-state index contributed by atoms with van der Waals surface area (Å²) >= 11 is 0. The van der Waals surface area contributed by atoms with Gasteiger partial charge in [0.2, 0.25) is 0 Å². The highest BCUT2D eigenvalue weighted by Gasteiger charge is 2.74. The van der Waals surface area contributed by atoms with Gasteiger partial charge in [-0.1, -0.05) is 40.7 Å². The van der Waals surface area contributed by atoms with Gasteiger partial charge in [0.15, 0.2) is 0 Å². The van der Waals surface area contributed by atoms with Crippen molar-refractivity contribution in [3.8, 4) is 0 Å². The quantitative estimate of drug-likeness (QED) is 0.763. The smallest absolute Gasteiger partial charge is 0.0182 e. The fourth-order valence-electron chi connectivity index (χ4n) is 4.79. The predicted octanol–water partition coefficient (Wildman–Crippen LogP) is 4.11. The van der Waals surface area contributed by atoms with Crippen LogP contribution in [0.3, 0.4) is 0 Å². The van der Waals surface area contributed by atoms with Gasteiger partial charge in [-0.25, -0.2) is 0 Å². The van der Waals surface area contributed by atoms with E-state index < -0.39 is 0 Å². The molecule has 3 unspecified atom stereocenters. The van der Waals surface area contributed by atoms with Crippen LogP contribution in [0, 0.1) is 28.6 Å². The van der Waals surface area contributed by atoms with Gasteiger partial charge in [-0.3, -0.25) is 0 Å². The molecule has 1 nitrogen and oxygen atoms in total. The lowest BCUT2D eigenvalue weighted by molar-refractivity contribution is 0.320. The molecule has 0 aromatic carbocycles. The van der Waals surface area contributed by atoms with Crippen LogP contribution < -0.4 is 5.73 Å². The number of rotatable bonds is 2. The topological polar surface area (TPSA) is 26.0 Å². The van der Waals surface area contributed by atoms with Crippen molar-refractivity contribution < 1.29 is 0 Å². The van der Waals surface area contributed by atoms with Gasteiger partial charge in [0.05, 0.1) is 0 Å². The maximum atomic E-state index is 6.48. The van der Waals surface area contributed by atoms with Crippen molar-refractivity contribution in [1.29, 1.82) is 0 Å². The number of allylic oxidation sites excluding steroid dienone is 4. The normalized spacial score (nSPS) is 39.9. The van der Waals surface area contributed by atoms with E-state index in [1.54, 1.807) is 0 Å². The van der Waals surface area contributed by atoms with Gasteiger partial charge in [0.25, 0.3) is 0 Å². The zero-order valence-electron chi connectivity index (χ0n) is 12.4. The van der Waals surface area contributed by atoms with Crippen LogP contribution in [-0.4, -0.2) is 0 Å². The van der Waals surface area contributed by atoms with Gasteiger partial charge in [0, 0.05) is 16.5 Å². The molecule has 2 aliphatic rings.